The maximum Gasteiger partial charge on any atom is 0.101 e. The van der Waals surface area contributed by atoms with Gasteiger partial charge in [-0.15, -0.1) is 0 Å². The quantitative estimate of drug-likeness (QED) is 0.798. The summed E-state index contributed by atoms with van der Waals surface area (Å²) in [7, 11) is 0. The van der Waals surface area contributed by atoms with Gasteiger partial charge >= 0.3 is 0 Å². The fourth-order valence-corrected chi connectivity index (χ4v) is 5.18. The van der Waals surface area contributed by atoms with Crippen LogP contribution in [0.25, 0.3) is 10.9 Å². The molecular weight excluding hydrogens is 362 g/mol. The molecule has 0 aliphatic carbocycles. The average Bonchev–Trinajstić information content (AvgIpc) is 3.23. The number of hydrogen-bond donors (Lipinski definition) is 0. The number of hydrogen-bond acceptors (Lipinski definition) is 6. The summed E-state index contributed by atoms with van der Waals surface area (Å²) in [6.45, 7) is 9.82. The summed E-state index contributed by atoms with van der Waals surface area (Å²) in [6.07, 6.45) is 4.88. The molecule has 3 aliphatic rings. The van der Waals surface area contributed by atoms with Crippen LogP contribution in [0.5, 0.6) is 0 Å². The second-order valence-corrected chi connectivity index (χ2v) is 8.73. The molecule has 2 aromatic rings. The first kappa shape index (κ1) is 18.8. The van der Waals surface area contributed by atoms with E-state index in [9.17, 15) is 5.26 Å². The van der Waals surface area contributed by atoms with Crippen LogP contribution in [-0.2, 0) is 4.74 Å². The molecule has 1 aromatic carbocycles. The highest BCUT2D eigenvalue weighted by molar-refractivity contribution is 5.95. The third kappa shape index (κ3) is 3.71. The van der Waals surface area contributed by atoms with Gasteiger partial charge in [-0.2, -0.15) is 5.26 Å². The SMILES string of the molecule is C[C@@H]1CN(c2ccc(C#N)c3ncccc23)C[C@H](CN2CC(N3CCCC3)C2)O1. The molecule has 3 fully saturated rings. The van der Waals surface area contributed by atoms with Gasteiger partial charge in [0.25, 0.3) is 0 Å². The van der Waals surface area contributed by atoms with Gasteiger partial charge in [-0.1, -0.05) is 0 Å². The summed E-state index contributed by atoms with van der Waals surface area (Å²) in [5.74, 6) is 0. The number of fused-ring (bicyclic) bond motifs is 1. The lowest BCUT2D eigenvalue weighted by Gasteiger charge is -2.47. The molecule has 6 nitrogen and oxygen atoms in total. The van der Waals surface area contributed by atoms with Crippen LogP contribution in [-0.4, -0.2) is 78.8 Å². The smallest absolute Gasteiger partial charge is 0.101 e. The van der Waals surface area contributed by atoms with Crippen LogP contribution < -0.4 is 4.90 Å². The van der Waals surface area contributed by atoms with Crippen molar-refractivity contribution < 1.29 is 4.74 Å². The normalized spacial score (nSPS) is 26.6. The molecule has 0 saturated carbocycles. The minimum Gasteiger partial charge on any atom is -0.370 e. The molecule has 0 spiro atoms. The van der Waals surface area contributed by atoms with Gasteiger partial charge in [0.15, 0.2) is 0 Å². The molecule has 4 heterocycles. The van der Waals surface area contributed by atoms with E-state index in [0.29, 0.717) is 5.56 Å². The predicted octanol–water partition coefficient (Wildman–Crippen LogP) is 2.48. The van der Waals surface area contributed by atoms with Gasteiger partial charge in [-0.25, -0.2) is 0 Å². The maximum absolute atomic E-state index is 9.42. The summed E-state index contributed by atoms with van der Waals surface area (Å²) < 4.78 is 6.30. The molecule has 3 saturated heterocycles. The summed E-state index contributed by atoms with van der Waals surface area (Å²) in [6, 6.07) is 11.0. The van der Waals surface area contributed by atoms with Crippen molar-refractivity contribution in [3.63, 3.8) is 0 Å². The minimum atomic E-state index is 0.187. The number of nitrogens with zero attached hydrogens (tertiary/aromatic N) is 5. The van der Waals surface area contributed by atoms with Crippen molar-refractivity contribution in [3.8, 4) is 6.07 Å². The van der Waals surface area contributed by atoms with E-state index >= 15 is 0 Å². The van der Waals surface area contributed by atoms with Gasteiger partial charge in [0.05, 0.1) is 23.3 Å². The molecule has 0 radical (unpaired) electrons. The molecule has 0 bridgehead atoms. The third-order valence-electron chi connectivity index (χ3n) is 6.59. The van der Waals surface area contributed by atoms with Crippen molar-refractivity contribution in [3.05, 3.63) is 36.0 Å². The van der Waals surface area contributed by atoms with Crippen molar-refractivity contribution in [1.82, 2.24) is 14.8 Å². The lowest BCUT2D eigenvalue weighted by Crippen LogP contribution is -2.61. The van der Waals surface area contributed by atoms with E-state index in [0.717, 1.165) is 42.3 Å². The first-order valence-electron chi connectivity index (χ1n) is 10.9. The van der Waals surface area contributed by atoms with E-state index in [1.165, 1.54) is 39.0 Å². The van der Waals surface area contributed by atoms with E-state index in [1.807, 2.05) is 12.1 Å². The first-order chi connectivity index (χ1) is 14.2. The molecule has 29 heavy (non-hydrogen) atoms. The Morgan fingerprint density at radius 3 is 2.76 bits per heavy atom. The highest BCUT2D eigenvalue weighted by Crippen LogP contribution is 2.31. The molecule has 2 atom stereocenters. The number of likely N-dealkylation sites (tertiary alicyclic amines) is 2. The van der Waals surface area contributed by atoms with E-state index in [1.54, 1.807) is 6.20 Å². The van der Waals surface area contributed by atoms with Crippen molar-refractivity contribution in [2.45, 2.75) is 38.0 Å². The predicted molar refractivity (Wildman–Crippen MR) is 114 cm³/mol. The first-order valence-corrected chi connectivity index (χ1v) is 10.9. The van der Waals surface area contributed by atoms with Gasteiger partial charge in [0, 0.05) is 56.0 Å². The Kier molecular flexibility index (Phi) is 5.13. The largest absolute Gasteiger partial charge is 0.370 e. The highest BCUT2D eigenvalue weighted by atomic mass is 16.5. The lowest BCUT2D eigenvalue weighted by atomic mass is 10.0. The van der Waals surface area contributed by atoms with Crippen molar-refractivity contribution in [2.75, 3.05) is 50.7 Å². The number of aromatic nitrogens is 1. The number of pyridine rings is 1. The zero-order valence-corrected chi connectivity index (χ0v) is 17.1. The van der Waals surface area contributed by atoms with Crippen LogP contribution in [0.3, 0.4) is 0 Å². The fraction of sp³-hybridized carbons (Fsp3) is 0.565. The number of ether oxygens (including phenoxy) is 1. The topological polar surface area (TPSA) is 55.6 Å². The molecule has 0 N–H and O–H groups in total. The highest BCUT2D eigenvalue weighted by Gasteiger charge is 2.36. The Morgan fingerprint density at radius 2 is 1.97 bits per heavy atom. The number of benzene rings is 1. The van der Waals surface area contributed by atoms with Gasteiger partial charge in [-0.3, -0.25) is 14.8 Å². The number of rotatable bonds is 4. The molecule has 0 amide bonds. The Morgan fingerprint density at radius 1 is 1.14 bits per heavy atom. The monoisotopic (exact) mass is 391 g/mol. The zero-order chi connectivity index (χ0) is 19.8. The van der Waals surface area contributed by atoms with Gasteiger partial charge in [0.1, 0.15) is 6.07 Å². The number of nitriles is 1. The summed E-state index contributed by atoms with van der Waals surface area (Å²) in [5, 5.41) is 10.5. The fourth-order valence-electron chi connectivity index (χ4n) is 5.18. The van der Waals surface area contributed by atoms with Gasteiger partial charge in [0.2, 0.25) is 0 Å². The lowest BCUT2D eigenvalue weighted by molar-refractivity contribution is -0.0549. The van der Waals surface area contributed by atoms with Crippen LogP contribution in [0.15, 0.2) is 30.5 Å². The minimum absolute atomic E-state index is 0.187. The van der Waals surface area contributed by atoms with Crippen molar-refractivity contribution in [1.29, 1.82) is 5.26 Å². The molecule has 1 aromatic heterocycles. The molecule has 5 rings (SSSR count). The van der Waals surface area contributed by atoms with Crippen molar-refractivity contribution >= 4 is 16.6 Å². The van der Waals surface area contributed by atoms with Gasteiger partial charge < -0.3 is 9.64 Å². The molecular formula is C23H29N5O. The van der Waals surface area contributed by atoms with Gasteiger partial charge in [-0.05, 0) is 57.1 Å². The summed E-state index contributed by atoms with van der Waals surface area (Å²) in [5.41, 5.74) is 2.58. The van der Waals surface area contributed by atoms with Crippen LogP contribution >= 0.6 is 0 Å². The third-order valence-corrected chi connectivity index (χ3v) is 6.59. The number of anilines is 1. The Hall–Kier alpha value is -2.20. The van der Waals surface area contributed by atoms with Crippen LogP contribution in [0, 0.1) is 11.3 Å². The average molecular weight is 392 g/mol. The van der Waals surface area contributed by atoms with Crippen molar-refractivity contribution in [2.24, 2.45) is 0 Å². The second-order valence-electron chi connectivity index (χ2n) is 8.73. The summed E-state index contributed by atoms with van der Waals surface area (Å²) in [4.78, 5) is 12.1. The number of morpholine rings is 1. The summed E-state index contributed by atoms with van der Waals surface area (Å²) >= 11 is 0. The van der Waals surface area contributed by atoms with E-state index in [4.69, 9.17) is 4.74 Å². The second kappa shape index (κ2) is 7.91. The van der Waals surface area contributed by atoms with Crippen LogP contribution in [0.2, 0.25) is 0 Å². The Labute approximate surface area is 172 Å². The van der Waals surface area contributed by atoms with Crippen LogP contribution in [0.4, 0.5) is 5.69 Å². The Bertz CT molecular complexity index is 913. The van der Waals surface area contributed by atoms with E-state index in [2.05, 4.69) is 44.8 Å². The molecule has 152 valence electrons. The molecule has 3 aliphatic heterocycles. The van der Waals surface area contributed by atoms with Crippen LogP contribution in [0.1, 0.15) is 25.3 Å². The van der Waals surface area contributed by atoms with E-state index in [-0.39, 0.29) is 12.2 Å². The Balaban J connectivity index is 1.28. The maximum atomic E-state index is 9.42. The standard InChI is InChI=1S/C23H29N5O/c1-17-12-28(22-7-6-18(11-24)23-21(22)5-4-8-25-23)16-20(29-17)15-26-13-19(14-26)27-9-2-3-10-27/h4-8,17,19-20H,2-3,9-10,12-16H2,1H3/t17-,20+/m1/s1. The zero-order valence-electron chi connectivity index (χ0n) is 17.1. The van der Waals surface area contributed by atoms with E-state index < -0.39 is 0 Å². The molecule has 0 unspecified atom stereocenters. The molecule has 6 heteroatoms.